The first kappa shape index (κ1) is 15.5. The number of rotatable bonds is 4. The van der Waals surface area contributed by atoms with Crippen LogP contribution in [0.5, 0.6) is 0 Å². The van der Waals surface area contributed by atoms with Crippen molar-refractivity contribution in [2.45, 2.75) is 6.54 Å². The van der Waals surface area contributed by atoms with Crippen LogP contribution in [-0.4, -0.2) is 42.2 Å². The summed E-state index contributed by atoms with van der Waals surface area (Å²) >= 11 is 0. The van der Waals surface area contributed by atoms with Crippen LogP contribution in [0.15, 0.2) is 54.6 Å². The van der Waals surface area contributed by atoms with Crippen LogP contribution in [0.25, 0.3) is 0 Å². The highest BCUT2D eigenvalue weighted by Gasteiger charge is 2.17. The highest BCUT2D eigenvalue weighted by Crippen LogP contribution is 2.17. The molecule has 1 saturated heterocycles. The predicted molar refractivity (Wildman–Crippen MR) is 89.6 cm³/mol. The summed E-state index contributed by atoms with van der Waals surface area (Å²) in [5.41, 5.74) is 4.57. The molecule has 5 nitrogen and oxygen atoms in total. The molecule has 3 rings (SSSR count). The molecule has 0 atom stereocenters. The zero-order chi connectivity index (χ0) is 16.1. The van der Waals surface area contributed by atoms with Gasteiger partial charge in [0, 0.05) is 44.0 Å². The van der Waals surface area contributed by atoms with E-state index in [2.05, 4.69) is 34.1 Å². The Bertz CT molecular complexity index is 635. The molecular weight excluding hydrogens is 290 g/mol. The first-order valence-corrected chi connectivity index (χ1v) is 7.82. The first-order chi connectivity index (χ1) is 11.3. The molecule has 1 aliphatic heterocycles. The maximum Gasteiger partial charge on any atom is 0.274 e. The number of nitrogens with one attached hydrogen (secondary N) is 1. The van der Waals surface area contributed by atoms with Gasteiger partial charge in [-0.05, 0) is 29.8 Å². The van der Waals surface area contributed by atoms with Gasteiger partial charge in [-0.3, -0.25) is 14.9 Å². The number of piperazine rings is 1. The van der Waals surface area contributed by atoms with Gasteiger partial charge in [0.05, 0.1) is 0 Å². The van der Waals surface area contributed by atoms with Crippen molar-refractivity contribution in [2.24, 2.45) is 0 Å². The van der Waals surface area contributed by atoms with Crippen LogP contribution in [0.3, 0.4) is 0 Å². The monoisotopic (exact) mass is 311 g/mol. The molecule has 2 aromatic rings. The molecule has 2 N–H and O–H groups in total. The number of para-hydroxylation sites is 1. The quantitative estimate of drug-likeness (QED) is 0.671. The highest BCUT2D eigenvalue weighted by molar-refractivity contribution is 5.93. The van der Waals surface area contributed by atoms with Gasteiger partial charge in [0.2, 0.25) is 0 Å². The van der Waals surface area contributed by atoms with Crippen LogP contribution in [-0.2, 0) is 6.54 Å². The average Bonchev–Trinajstić information content (AvgIpc) is 2.63. The fourth-order valence-corrected chi connectivity index (χ4v) is 2.89. The second-order valence-corrected chi connectivity index (χ2v) is 5.74. The van der Waals surface area contributed by atoms with Gasteiger partial charge in [0.1, 0.15) is 0 Å². The topological polar surface area (TPSA) is 55.8 Å². The molecule has 120 valence electrons. The molecule has 0 aromatic heterocycles. The normalized spacial score (nSPS) is 15.4. The Balaban J connectivity index is 1.53. The van der Waals surface area contributed by atoms with Crippen molar-refractivity contribution in [3.63, 3.8) is 0 Å². The van der Waals surface area contributed by atoms with Gasteiger partial charge in [0.15, 0.2) is 0 Å². The second-order valence-electron chi connectivity index (χ2n) is 5.74. The molecule has 0 saturated carbocycles. The smallest absolute Gasteiger partial charge is 0.274 e. The van der Waals surface area contributed by atoms with Gasteiger partial charge >= 0.3 is 0 Å². The Morgan fingerprint density at radius 1 is 0.957 bits per heavy atom. The Kier molecular flexibility index (Phi) is 4.90. The molecule has 1 fully saturated rings. The number of benzene rings is 2. The van der Waals surface area contributed by atoms with E-state index in [1.54, 1.807) is 17.6 Å². The predicted octanol–water partition coefficient (Wildman–Crippen LogP) is 2.13. The van der Waals surface area contributed by atoms with Gasteiger partial charge in [-0.15, -0.1) is 0 Å². The Labute approximate surface area is 136 Å². The zero-order valence-electron chi connectivity index (χ0n) is 13.0. The van der Waals surface area contributed by atoms with Crippen molar-refractivity contribution in [1.82, 2.24) is 10.4 Å². The molecular formula is C18H21N3O2. The molecule has 1 amide bonds. The summed E-state index contributed by atoms with van der Waals surface area (Å²) in [7, 11) is 0. The molecule has 1 heterocycles. The van der Waals surface area contributed by atoms with E-state index < -0.39 is 5.91 Å². The maximum absolute atomic E-state index is 11.3. The second kappa shape index (κ2) is 7.26. The van der Waals surface area contributed by atoms with Crippen LogP contribution >= 0.6 is 0 Å². The summed E-state index contributed by atoms with van der Waals surface area (Å²) in [5.74, 6) is -0.479. The summed E-state index contributed by atoms with van der Waals surface area (Å²) in [4.78, 5) is 16.1. The molecule has 0 unspecified atom stereocenters. The van der Waals surface area contributed by atoms with Crippen molar-refractivity contribution in [3.05, 3.63) is 65.7 Å². The fraction of sp³-hybridized carbons (Fsp3) is 0.278. The third kappa shape index (κ3) is 3.88. The molecule has 0 radical (unpaired) electrons. The number of hydrogen-bond acceptors (Lipinski definition) is 4. The lowest BCUT2D eigenvalue weighted by Gasteiger charge is -2.36. The largest absolute Gasteiger partial charge is 0.369 e. The minimum atomic E-state index is -0.479. The maximum atomic E-state index is 11.3. The number of hydrogen-bond donors (Lipinski definition) is 2. The lowest BCUT2D eigenvalue weighted by molar-refractivity contribution is 0.0706. The summed E-state index contributed by atoms with van der Waals surface area (Å²) in [6.45, 7) is 4.97. The summed E-state index contributed by atoms with van der Waals surface area (Å²) < 4.78 is 0. The third-order valence-corrected chi connectivity index (χ3v) is 4.22. The SMILES string of the molecule is O=C(NO)c1ccc(CN2CCN(c3ccccc3)CC2)cc1. The van der Waals surface area contributed by atoms with Gasteiger partial charge in [-0.25, -0.2) is 5.48 Å². The molecule has 5 heteroatoms. The number of carbonyl (C=O) groups is 1. The van der Waals surface area contributed by atoms with Crippen molar-refractivity contribution in [3.8, 4) is 0 Å². The number of hydroxylamine groups is 1. The fourth-order valence-electron chi connectivity index (χ4n) is 2.89. The summed E-state index contributed by atoms with van der Waals surface area (Å²) in [5, 5.41) is 8.62. The van der Waals surface area contributed by atoms with E-state index in [4.69, 9.17) is 5.21 Å². The highest BCUT2D eigenvalue weighted by atomic mass is 16.5. The minimum Gasteiger partial charge on any atom is -0.369 e. The van der Waals surface area contributed by atoms with Crippen molar-refractivity contribution in [2.75, 3.05) is 31.1 Å². The van der Waals surface area contributed by atoms with E-state index in [9.17, 15) is 4.79 Å². The molecule has 0 bridgehead atoms. The number of amides is 1. The molecule has 1 aliphatic rings. The molecule has 2 aromatic carbocycles. The standard InChI is InChI=1S/C18H21N3O2/c22-18(19-23)16-8-6-15(7-9-16)14-20-10-12-21(13-11-20)17-4-2-1-3-5-17/h1-9,23H,10-14H2,(H,19,22). The zero-order valence-corrected chi connectivity index (χ0v) is 13.0. The van der Waals surface area contributed by atoms with Crippen LogP contribution in [0.2, 0.25) is 0 Å². The van der Waals surface area contributed by atoms with Crippen LogP contribution in [0.1, 0.15) is 15.9 Å². The Morgan fingerprint density at radius 3 is 2.22 bits per heavy atom. The van der Waals surface area contributed by atoms with Gasteiger partial charge in [0.25, 0.3) is 5.91 Å². The van der Waals surface area contributed by atoms with Crippen LogP contribution < -0.4 is 10.4 Å². The first-order valence-electron chi connectivity index (χ1n) is 7.82. The van der Waals surface area contributed by atoms with E-state index in [-0.39, 0.29) is 0 Å². The van der Waals surface area contributed by atoms with Crippen molar-refractivity contribution in [1.29, 1.82) is 0 Å². The third-order valence-electron chi connectivity index (χ3n) is 4.22. The van der Waals surface area contributed by atoms with E-state index in [1.807, 2.05) is 18.2 Å². The lowest BCUT2D eigenvalue weighted by atomic mass is 10.1. The molecule has 23 heavy (non-hydrogen) atoms. The lowest BCUT2D eigenvalue weighted by Crippen LogP contribution is -2.45. The van der Waals surface area contributed by atoms with E-state index >= 15 is 0 Å². The van der Waals surface area contributed by atoms with E-state index in [0.717, 1.165) is 32.7 Å². The molecule has 0 aliphatic carbocycles. The van der Waals surface area contributed by atoms with Gasteiger partial charge in [-0.1, -0.05) is 30.3 Å². The van der Waals surface area contributed by atoms with Crippen LogP contribution in [0, 0.1) is 0 Å². The number of nitrogens with zero attached hydrogens (tertiary/aromatic N) is 2. The minimum absolute atomic E-state index is 0.463. The van der Waals surface area contributed by atoms with Gasteiger partial charge in [-0.2, -0.15) is 0 Å². The van der Waals surface area contributed by atoms with E-state index in [0.29, 0.717) is 5.56 Å². The summed E-state index contributed by atoms with van der Waals surface area (Å²) in [6, 6.07) is 17.9. The Morgan fingerprint density at radius 2 is 1.61 bits per heavy atom. The number of anilines is 1. The summed E-state index contributed by atoms with van der Waals surface area (Å²) in [6.07, 6.45) is 0. The van der Waals surface area contributed by atoms with Crippen molar-refractivity contribution >= 4 is 11.6 Å². The van der Waals surface area contributed by atoms with Crippen LogP contribution in [0.4, 0.5) is 5.69 Å². The average molecular weight is 311 g/mol. The van der Waals surface area contributed by atoms with Crippen molar-refractivity contribution < 1.29 is 10.0 Å². The van der Waals surface area contributed by atoms with E-state index in [1.165, 1.54) is 11.3 Å². The Hall–Kier alpha value is -2.37. The number of carbonyl (C=O) groups excluding carboxylic acids is 1. The van der Waals surface area contributed by atoms with Gasteiger partial charge < -0.3 is 4.90 Å². The molecule has 0 spiro atoms.